The molecule has 1 unspecified atom stereocenters. The van der Waals surface area contributed by atoms with Crippen molar-refractivity contribution in [3.05, 3.63) is 0 Å². The van der Waals surface area contributed by atoms with Crippen LogP contribution in [0.3, 0.4) is 0 Å². The Morgan fingerprint density at radius 3 is 1.87 bits per heavy atom. The van der Waals surface area contributed by atoms with Crippen LogP contribution in [0, 0.1) is 23.7 Å². The van der Waals surface area contributed by atoms with Crippen molar-refractivity contribution in [1.29, 1.82) is 0 Å². The number of amides is 1. The first-order valence-corrected chi connectivity index (χ1v) is 17.1. The number of likely N-dealkylation sites (N-methyl/N-ethyl adjacent to an activating group) is 1. The smallest absolute Gasteiger partial charge is 0.225 e. The summed E-state index contributed by atoms with van der Waals surface area (Å²) in [6, 6.07) is 0. The number of nitrogens with zero attached hydrogens (tertiary/aromatic N) is 2. The lowest BCUT2D eigenvalue weighted by Gasteiger charge is -2.34. The number of hydrogen-bond acceptors (Lipinski definition) is 3. The monoisotopic (exact) mass is 547 g/mol. The van der Waals surface area contributed by atoms with Crippen LogP contribution in [-0.2, 0) is 9.53 Å². The van der Waals surface area contributed by atoms with Crippen LogP contribution >= 0.6 is 0 Å². The van der Waals surface area contributed by atoms with Gasteiger partial charge < -0.3 is 9.64 Å². The van der Waals surface area contributed by atoms with Crippen LogP contribution in [0.25, 0.3) is 0 Å². The fourth-order valence-electron chi connectivity index (χ4n) is 5.82. The Morgan fingerprint density at radius 1 is 0.795 bits per heavy atom. The molecule has 1 aliphatic rings. The van der Waals surface area contributed by atoms with E-state index in [-0.39, 0.29) is 12.0 Å². The van der Waals surface area contributed by atoms with E-state index in [9.17, 15) is 4.79 Å². The molecule has 0 aromatic heterocycles. The predicted molar refractivity (Wildman–Crippen MR) is 169 cm³/mol. The average Bonchev–Trinajstić information content (AvgIpc) is 2.94. The van der Waals surface area contributed by atoms with Crippen LogP contribution in [0.15, 0.2) is 0 Å². The lowest BCUT2D eigenvalue weighted by molar-refractivity contribution is -0.137. The van der Waals surface area contributed by atoms with E-state index in [1.165, 1.54) is 109 Å². The topological polar surface area (TPSA) is 32.8 Å². The van der Waals surface area contributed by atoms with E-state index in [1.807, 2.05) is 11.9 Å². The third kappa shape index (κ3) is 18.1. The molecule has 39 heavy (non-hydrogen) atoms. The number of carbonyl (C=O) groups is 1. The third-order valence-electron chi connectivity index (χ3n) is 8.41. The van der Waals surface area contributed by atoms with Crippen LogP contribution in [0.2, 0.25) is 0 Å². The molecule has 4 nitrogen and oxygen atoms in total. The van der Waals surface area contributed by atoms with Gasteiger partial charge in [0.05, 0.1) is 19.3 Å². The Balaban J connectivity index is 2.58. The summed E-state index contributed by atoms with van der Waals surface area (Å²) >= 11 is 0. The van der Waals surface area contributed by atoms with Crippen molar-refractivity contribution in [2.75, 3.05) is 39.8 Å². The second kappa shape index (κ2) is 24.7. The molecule has 1 aliphatic heterocycles. The number of unbranched alkanes of at least 4 members (excludes halogenated alkanes) is 11. The van der Waals surface area contributed by atoms with E-state index in [0.29, 0.717) is 18.4 Å². The van der Waals surface area contributed by atoms with Gasteiger partial charge in [-0.05, 0) is 25.7 Å². The van der Waals surface area contributed by atoms with E-state index in [4.69, 9.17) is 4.74 Å². The molecule has 0 aliphatic carbocycles. The molecule has 0 bridgehead atoms. The molecule has 1 amide bonds. The van der Waals surface area contributed by atoms with E-state index < -0.39 is 0 Å². The molecule has 0 saturated carbocycles. The van der Waals surface area contributed by atoms with E-state index in [0.717, 1.165) is 39.1 Å². The lowest BCUT2D eigenvalue weighted by Crippen LogP contribution is -2.48. The second-order valence-corrected chi connectivity index (χ2v) is 12.2. The SMILES string of the molecule is CCCCCCC(C#CCN1CCO[C@@H](CN(C)C(=O)C(CCCCCC)CCCCCC)C1)CCCCC. The summed E-state index contributed by atoms with van der Waals surface area (Å²) in [5.74, 6) is 8.26. The standard InChI is InChI=1S/C35H66N2O2/c1-6-10-14-18-23-32(22-17-13-9-4)24-21-27-37-28-29-39-34(31-37)30-36(5)35(38)33(25-19-15-11-7-2)26-20-16-12-8-3/h32-34H,6-20,22-23,25-31H2,1-5H3/t32?,34-/m0/s1. The van der Waals surface area contributed by atoms with Gasteiger partial charge in [-0.1, -0.05) is 136 Å². The summed E-state index contributed by atoms with van der Waals surface area (Å²) in [5, 5.41) is 0. The van der Waals surface area contributed by atoms with Crippen molar-refractivity contribution >= 4 is 5.91 Å². The zero-order valence-corrected chi connectivity index (χ0v) is 26.9. The Labute approximate surface area is 244 Å². The van der Waals surface area contributed by atoms with Crippen molar-refractivity contribution < 1.29 is 9.53 Å². The van der Waals surface area contributed by atoms with Gasteiger partial charge in [-0.2, -0.15) is 0 Å². The van der Waals surface area contributed by atoms with Crippen LogP contribution in [0.5, 0.6) is 0 Å². The predicted octanol–water partition coefficient (Wildman–Crippen LogP) is 8.87. The lowest BCUT2D eigenvalue weighted by atomic mass is 9.93. The Bertz CT molecular complexity index is 628. The molecular weight excluding hydrogens is 480 g/mol. The molecule has 4 heteroatoms. The minimum atomic E-state index is 0.0877. The molecule has 1 rings (SSSR count). The third-order valence-corrected chi connectivity index (χ3v) is 8.41. The van der Waals surface area contributed by atoms with Gasteiger partial charge in [0.2, 0.25) is 5.91 Å². The fourth-order valence-corrected chi connectivity index (χ4v) is 5.82. The number of hydrogen-bond donors (Lipinski definition) is 0. The quantitative estimate of drug-likeness (QED) is 0.0947. The van der Waals surface area contributed by atoms with Gasteiger partial charge in [0, 0.05) is 38.5 Å². The van der Waals surface area contributed by atoms with Crippen molar-refractivity contribution in [2.45, 2.75) is 156 Å². The van der Waals surface area contributed by atoms with Gasteiger partial charge in [0.15, 0.2) is 0 Å². The van der Waals surface area contributed by atoms with Crippen molar-refractivity contribution in [1.82, 2.24) is 9.80 Å². The van der Waals surface area contributed by atoms with E-state index >= 15 is 0 Å². The molecule has 1 fully saturated rings. The van der Waals surface area contributed by atoms with Crippen LogP contribution in [0.1, 0.15) is 150 Å². The van der Waals surface area contributed by atoms with Crippen LogP contribution in [-0.4, -0.2) is 61.6 Å². The molecule has 0 radical (unpaired) electrons. The normalized spacial score (nSPS) is 16.7. The number of carbonyl (C=O) groups excluding carboxylic acids is 1. The van der Waals surface area contributed by atoms with Gasteiger partial charge in [0.25, 0.3) is 0 Å². The van der Waals surface area contributed by atoms with Crippen molar-refractivity contribution in [2.24, 2.45) is 11.8 Å². The molecule has 0 aromatic carbocycles. The highest BCUT2D eigenvalue weighted by molar-refractivity contribution is 5.78. The summed E-state index contributed by atoms with van der Waals surface area (Å²) in [5.41, 5.74) is 0. The highest BCUT2D eigenvalue weighted by Gasteiger charge is 2.26. The fraction of sp³-hybridized carbons (Fsp3) is 0.914. The van der Waals surface area contributed by atoms with E-state index in [1.54, 1.807) is 0 Å². The van der Waals surface area contributed by atoms with Gasteiger partial charge >= 0.3 is 0 Å². The molecule has 0 aromatic rings. The first-order valence-electron chi connectivity index (χ1n) is 17.1. The summed E-state index contributed by atoms with van der Waals surface area (Å²) < 4.78 is 6.12. The zero-order chi connectivity index (χ0) is 28.6. The van der Waals surface area contributed by atoms with Gasteiger partial charge in [0.1, 0.15) is 0 Å². The summed E-state index contributed by atoms with van der Waals surface area (Å²) in [4.78, 5) is 17.9. The Hall–Kier alpha value is -1.05. The summed E-state index contributed by atoms with van der Waals surface area (Å²) in [6.45, 7) is 13.1. The number of morpholine rings is 1. The van der Waals surface area contributed by atoms with Crippen LogP contribution in [0.4, 0.5) is 0 Å². The first-order chi connectivity index (χ1) is 19.0. The molecular formula is C35H66N2O2. The molecule has 228 valence electrons. The maximum atomic E-state index is 13.4. The Kier molecular flexibility index (Phi) is 22.8. The van der Waals surface area contributed by atoms with Crippen LogP contribution < -0.4 is 0 Å². The van der Waals surface area contributed by atoms with Crippen molar-refractivity contribution in [3.63, 3.8) is 0 Å². The average molecular weight is 547 g/mol. The summed E-state index contributed by atoms with van der Waals surface area (Å²) in [6.07, 6.45) is 23.8. The largest absolute Gasteiger partial charge is 0.374 e. The number of ether oxygens (including phenoxy) is 1. The van der Waals surface area contributed by atoms with Gasteiger partial charge in [-0.15, -0.1) is 0 Å². The molecule has 1 heterocycles. The van der Waals surface area contributed by atoms with Gasteiger partial charge in [-0.3, -0.25) is 9.69 Å². The maximum Gasteiger partial charge on any atom is 0.225 e. The number of rotatable bonds is 23. The highest BCUT2D eigenvalue weighted by Crippen LogP contribution is 2.21. The molecule has 0 spiro atoms. The Morgan fingerprint density at radius 2 is 1.31 bits per heavy atom. The minimum Gasteiger partial charge on any atom is -0.374 e. The zero-order valence-electron chi connectivity index (χ0n) is 26.9. The molecule has 1 saturated heterocycles. The molecule has 0 N–H and O–H groups in total. The minimum absolute atomic E-state index is 0.0877. The van der Waals surface area contributed by atoms with E-state index in [2.05, 4.69) is 44.4 Å². The van der Waals surface area contributed by atoms with Crippen molar-refractivity contribution in [3.8, 4) is 11.8 Å². The second-order valence-electron chi connectivity index (χ2n) is 12.2. The van der Waals surface area contributed by atoms with Gasteiger partial charge in [-0.25, -0.2) is 0 Å². The highest BCUT2D eigenvalue weighted by atomic mass is 16.5. The summed E-state index contributed by atoms with van der Waals surface area (Å²) in [7, 11) is 2.00. The maximum absolute atomic E-state index is 13.4. The molecule has 2 atom stereocenters. The first kappa shape index (κ1) is 36.0.